The van der Waals surface area contributed by atoms with Crippen LogP contribution in [0.25, 0.3) is 11.5 Å². The van der Waals surface area contributed by atoms with E-state index in [-0.39, 0.29) is 6.61 Å². The highest BCUT2D eigenvalue weighted by atomic mass is 35.5. The fourth-order valence-electron chi connectivity index (χ4n) is 2.21. The summed E-state index contributed by atoms with van der Waals surface area (Å²) in [6.45, 7) is 4.30. The molecule has 0 aliphatic rings. The van der Waals surface area contributed by atoms with Crippen LogP contribution in [0.1, 0.15) is 17.0 Å². The lowest BCUT2D eigenvalue weighted by Crippen LogP contribution is -1.96. The lowest BCUT2D eigenvalue weighted by Gasteiger charge is -2.05. The maximum atomic E-state index is 5.96. The third kappa shape index (κ3) is 3.46. The van der Waals surface area contributed by atoms with Gasteiger partial charge in [0.05, 0.1) is 0 Å². The molecule has 4 nitrogen and oxygen atoms in total. The average molecular weight is 315 g/mol. The smallest absolute Gasteiger partial charge is 0.254 e. The molecule has 1 aromatic heterocycles. The monoisotopic (exact) mass is 314 g/mol. The average Bonchev–Trinajstić information content (AvgIpc) is 2.93. The summed E-state index contributed by atoms with van der Waals surface area (Å²) in [5.74, 6) is 1.65. The second-order valence-electron chi connectivity index (χ2n) is 5.12. The van der Waals surface area contributed by atoms with E-state index < -0.39 is 0 Å². The van der Waals surface area contributed by atoms with Gasteiger partial charge in [-0.3, -0.25) is 0 Å². The number of aryl methyl sites for hydroxylation is 2. The SMILES string of the molecule is Cc1cc(C)cc(OCc2nnc(-c3cccc(Cl)c3)o2)c1. The molecule has 2 aromatic carbocycles. The van der Waals surface area contributed by atoms with Gasteiger partial charge in [0, 0.05) is 10.6 Å². The van der Waals surface area contributed by atoms with E-state index in [0.29, 0.717) is 16.8 Å². The normalized spacial score (nSPS) is 10.7. The minimum absolute atomic E-state index is 0.233. The number of aromatic nitrogens is 2. The minimum atomic E-state index is 0.233. The second kappa shape index (κ2) is 6.20. The third-order valence-electron chi connectivity index (χ3n) is 3.10. The summed E-state index contributed by atoms with van der Waals surface area (Å²) < 4.78 is 11.3. The molecular weight excluding hydrogens is 300 g/mol. The Morgan fingerprint density at radius 3 is 2.55 bits per heavy atom. The summed E-state index contributed by atoms with van der Waals surface area (Å²) >= 11 is 5.96. The van der Waals surface area contributed by atoms with Gasteiger partial charge in [-0.2, -0.15) is 0 Å². The van der Waals surface area contributed by atoms with Crippen LogP contribution in [0.4, 0.5) is 0 Å². The van der Waals surface area contributed by atoms with Crippen LogP contribution in [0.2, 0.25) is 5.02 Å². The quantitative estimate of drug-likeness (QED) is 0.707. The molecule has 112 valence electrons. The molecule has 0 aliphatic carbocycles. The first-order chi connectivity index (χ1) is 10.6. The van der Waals surface area contributed by atoms with E-state index in [2.05, 4.69) is 16.3 Å². The van der Waals surface area contributed by atoms with Crippen molar-refractivity contribution >= 4 is 11.6 Å². The third-order valence-corrected chi connectivity index (χ3v) is 3.33. The zero-order valence-electron chi connectivity index (χ0n) is 12.3. The molecule has 22 heavy (non-hydrogen) atoms. The van der Waals surface area contributed by atoms with E-state index in [1.54, 1.807) is 12.1 Å². The Kier molecular flexibility index (Phi) is 4.11. The van der Waals surface area contributed by atoms with Crippen LogP contribution in [0.3, 0.4) is 0 Å². The lowest BCUT2D eigenvalue weighted by atomic mass is 10.1. The molecule has 1 heterocycles. The Bertz CT molecular complexity index is 779. The van der Waals surface area contributed by atoms with Crippen molar-refractivity contribution in [1.82, 2.24) is 10.2 Å². The highest BCUT2D eigenvalue weighted by Crippen LogP contribution is 2.22. The number of halogens is 1. The zero-order valence-corrected chi connectivity index (χ0v) is 13.1. The van der Waals surface area contributed by atoms with E-state index in [0.717, 1.165) is 22.4 Å². The van der Waals surface area contributed by atoms with Gasteiger partial charge in [0.15, 0.2) is 6.61 Å². The van der Waals surface area contributed by atoms with Crippen molar-refractivity contribution in [2.24, 2.45) is 0 Å². The van der Waals surface area contributed by atoms with Gasteiger partial charge in [0.2, 0.25) is 5.89 Å². The number of hydrogen-bond donors (Lipinski definition) is 0. The topological polar surface area (TPSA) is 48.2 Å². The molecule has 3 aromatic rings. The largest absolute Gasteiger partial charge is 0.484 e. The van der Waals surface area contributed by atoms with Crippen molar-refractivity contribution in [3.05, 3.63) is 64.5 Å². The standard InChI is InChI=1S/C17H15ClN2O2/c1-11-6-12(2)8-15(7-11)21-10-16-19-20-17(22-16)13-4-3-5-14(18)9-13/h3-9H,10H2,1-2H3. The number of nitrogens with zero attached hydrogens (tertiary/aromatic N) is 2. The highest BCUT2D eigenvalue weighted by molar-refractivity contribution is 6.30. The first-order valence-electron chi connectivity index (χ1n) is 6.89. The van der Waals surface area contributed by atoms with Gasteiger partial charge in [-0.25, -0.2) is 0 Å². The molecule has 0 saturated carbocycles. The summed E-state index contributed by atoms with van der Waals surface area (Å²) in [5.41, 5.74) is 3.10. The van der Waals surface area contributed by atoms with Gasteiger partial charge in [-0.1, -0.05) is 23.7 Å². The summed E-state index contributed by atoms with van der Waals surface area (Å²) in [6, 6.07) is 13.3. The van der Waals surface area contributed by atoms with E-state index in [9.17, 15) is 0 Å². The molecular formula is C17H15ClN2O2. The summed E-state index contributed by atoms with van der Waals surface area (Å²) in [6.07, 6.45) is 0. The summed E-state index contributed by atoms with van der Waals surface area (Å²) in [4.78, 5) is 0. The molecule has 0 fully saturated rings. The summed E-state index contributed by atoms with van der Waals surface area (Å²) in [7, 11) is 0. The van der Waals surface area contributed by atoms with Crippen LogP contribution in [0, 0.1) is 13.8 Å². The van der Waals surface area contributed by atoms with Gasteiger partial charge in [0.25, 0.3) is 5.89 Å². The Balaban J connectivity index is 1.72. The van der Waals surface area contributed by atoms with Crippen molar-refractivity contribution in [3.8, 4) is 17.2 Å². The number of benzene rings is 2. The van der Waals surface area contributed by atoms with Gasteiger partial charge in [0.1, 0.15) is 5.75 Å². The molecule has 0 atom stereocenters. The first kappa shape index (κ1) is 14.6. The summed E-state index contributed by atoms with van der Waals surface area (Å²) in [5, 5.41) is 8.65. The molecule has 0 bridgehead atoms. The van der Waals surface area contributed by atoms with E-state index in [1.165, 1.54) is 0 Å². The van der Waals surface area contributed by atoms with Crippen molar-refractivity contribution in [1.29, 1.82) is 0 Å². The van der Waals surface area contributed by atoms with Gasteiger partial charge in [-0.05, 0) is 55.3 Å². The van der Waals surface area contributed by atoms with Crippen LogP contribution in [-0.2, 0) is 6.61 Å². The van der Waals surface area contributed by atoms with E-state index in [4.69, 9.17) is 20.8 Å². The fourth-order valence-corrected chi connectivity index (χ4v) is 2.40. The number of rotatable bonds is 4. The lowest BCUT2D eigenvalue weighted by molar-refractivity contribution is 0.264. The van der Waals surface area contributed by atoms with Crippen LogP contribution in [0.5, 0.6) is 5.75 Å². The first-order valence-corrected chi connectivity index (χ1v) is 7.27. The van der Waals surface area contributed by atoms with Gasteiger partial charge >= 0.3 is 0 Å². The van der Waals surface area contributed by atoms with Crippen LogP contribution in [0.15, 0.2) is 46.9 Å². The highest BCUT2D eigenvalue weighted by Gasteiger charge is 2.09. The Morgan fingerprint density at radius 2 is 1.82 bits per heavy atom. The molecule has 5 heteroatoms. The Labute approximate surface area is 133 Å². The molecule has 0 aliphatic heterocycles. The maximum Gasteiger partial charge on any atom is 0.254 e. The molecule has 0 radical (unpaired) electrons. The number of hydrogen-bond acceptors (Lipinski definition) is 4. The Hall–Kier alpha value is -2.33. The molecule has 0 amide bonds. The van der Waals surface area contributed by atoms with Gasteiger partial charge < -0.3 is 9.15 Å². The van der Waals surface area contributed by atoms with Gasteiger partial charge in [-0.15, -0.1) is 10.2 Å². The van der Waals surface area contributed by atoms with Crippen molar-refractivity contribution in [2.45, 2.75) is 20.5 Å². The van der Waals surface area contributed by atoms with Crippen LogP contribution >= 0.6 is 11.6 Å². The molecule has 0 unspecified atom stereocenters. The minimum Gasteiger partial charge on any atom is -0.484 e. The van der Waals surface area contributed by atoms with E-state index in [1.807, 2.05) is 38.1 Å². The fraction of sp³-hybridized carbons (Fsp3) is 0.176. The molecule has 0 spiro atoms. The molecule has 3 rings (SSSR count). The zero-order chi connectivity index (χ0) is 15.5. The van der Waals surface area contributed by atoms with Crippen molar-refractivity contribution < 1.29 is 9.15 Å². The van der Waals surface area contributed by atoms with E-state index >= 15 is 0 Å². The predicted octanol–water partition coefficient (Wildman–Crippen LogP) is 4.59. The predicted molar refractivity (Wildman–Crippen MR) is 85.0 cm³/mol. The second-order valence-corrected chi connectivity index (χ2v) is 5.56. The van der Waals surface area contributed by atoms with Crippen LogP contribution < -0.4 is 4.74 Å². The van der Waals surface area contributed by atoms with Crippen LogP contribution in [-0.4, -0.2) is 10.2 Å². The van der Waals surface area contributed by atoms with Crippen molar-refractivity contribution in [2.75, 3.05) is 0 Å². The maximum absolute atomic E-state index is 5.96. The van der Waals surface area contributed by atoms with Crippen molar-refractivity contribution in [3.63, 3.8) is 0 Å². The molecule has 0 saturated heterocycles. The number of ether oxygens (including phenoxy) is 1. The molecule has 0 N–H and O–H groups in total. The Morgan fingerprint density at radius 1 is 1.05 bits per heavy atom.